The molecule has 0 spiro atoms. The molecule has 1 aliphatic rings. The Balaban J connectivity index is 1.89. The molecule has 1 saturated carbocycles. The van der Waals surface area contributed by atoms with Crippen molar-refractivity contribution in [2.75, 3.05) is 6.61 Å². The van der Waals surface area contributed by atoms with E-state index in [2.05, 4.69) is 5.32 Å². The molecule has 0 aromatic heterocycles. The topological polar surface area (TPSA) is 134 Å². The minimum Gasteiger partial charge on any atom is -0.461 e. The molecule has 0 heterocycles. The first kappa shape index (κ1) is 24.8. The van der Waals surface area contributed by atoms with Gasteiger partial charge >= 0.3 is 11.9 Å². The zero-order valence-corrected chi connectivity index (χ0v) is 18.8. The zero-order valence-electron chi connectivity index (χ0n) is 18.8. The summed E-state index contributed by atoms with van der Waals surface area (Å²) in [4.78, 5) is 47.8. The van der Waals surface area contributed by atoms with Crippen molar-refractivity contribution in [1.29, 1.82) is 0 Å². The number of nitro groups is 1. The highest BCUT2D eigenvalue weighted by Gasteiger charge is 2.60. The lowest BCUT2D eigenvalue weighted by Crippen LogP contribution is -2.51. The average Bonchev–Trinajstić information content (AvgIpc) is 3.08. The number of nitrogens with one attached hydrogen (secondary N) is 1. The lowest BCUT2D eigenvalue weighted by atomic mass is 10.0. The van der Waals surface area contributed by atoms with Gasteiger partial charge in [0.25, 0.3) is 0 Å². The van der Waals surface area contributed by atoms with E-state index in [9.17, 15) is 24.5 Å². The third-order valence-corrected chi connectivity index (χ3v) is 5.52. The van der Waals surface area contributed by atoms with Crippen LogP contribution in [0.2, 0.25) is 0 Å². The van der Waals surface area contributed by atoms with Crippen LogP contribution in [0.3, 0.4) is 0 Å². The molecular weight excluding hydrogens is 444 g/mol. The van der Waals surface area contributed by atoms with Gasteiger partial charge in [-0.2, -0.15) is 0 Å². The largest absolute Gasteiger partial charge is 0.461 e. The van der Waals surface area contributed by atoms with E-state index in [1.54, 1.807) is 30.3 Å². The first-order valence-electron chi connectivity index (χ1n) is 10.7. The van der Waals surface area contributed by atoms with Gasteiger partial charge in [-0.05, 0) is 17.7 Å². The third-order valence-electron chi connectivity index (χ3n) is 5.52. The summed E-state index contributed by atoms with van der Waals surface area (Å²) in [6.07, 6.45) is -2.17. The number of ether oxygens (including phenoxy) is 3. The van der Waals surface area contributed by atoms with E-state index in [-0.39, 0.29) is 12.2 Å². The molecule has 2 aromatic carbocycles. The quantitative estimate of drug-likeness (QED) is 0.335. The zero-order chi connectivity index (χ0) is 24.7. The highest BCUT2D eigenvalue weighted by atomic mass is 16.6. The van der Waals surface area contributed by atoms with Gasteiger partial charge in [0.05, 0.1) is 12.2 Å². The Morgan fingerprint density at radius 3 is 2.15 bits per heavy atom. The van der Waals surface area contributed by atoms with Crippen LogP contribution >= 0.6 is 0 Å². The number of rotatable bonds is 9. The first-order valence-corrected chi connectivity index (χ1v) is 10.7. The number of carbonyl (C=O) groups is 3. The van der Waals surface area contributed by atoms with Gasteiger partial charge in [-0.25, -0.2) is 4.79 Å². The maximum Gasteiger partial charge on any atom is 0.338 e. The van der Waals surface area contributed by atoms with Gasteiger partial charge in [0.2, 0.25) is 11.9 Å². The van der Waals surface area contributed by atoms with Crippen LogP contribution in [-0.4, -0.2) is 53.7 Å². The summed E-state index contributed by atoms with van der Waals surface area (Å²) in [5.41, 5.74) is 1.07. The summed E-state index contributed by atoms with van der Waals surface area (Å²) >= 11 is 0. The van der Waals surface area contributed by atoms with E-state index in [0.29, 0.717) is 0 Å². The van der Waals surface area contributed by atoms with E-state index >= 15 is 0 Å². The van der Waals surface area contributed by atoms with Gasteiger partial charge in [-0.3, -0.25) is 19.7 Å². The van der Waals surface area contributed by atoms with Crippen molar-refractivity contribution < 1.29 is 33.5 Å². The molecule has 1 N–H and O–H groups in total. The summed E-state index contributed by atoms with van der Waals surface area (Å²) in [6.45, 7) is 2.07. The fourth-order valence-electron chi connectivity index (χ4n) is 4.13. The van der Waals surface area contributed by atoms with Crippen molar-refractivity contribution >= 4 is 17.8 Å². The number of esters is 2. The van der Waals surface area contributed by atoms with Gasteiger partial charge < -0.3 is 19.5 Å². The standard InChI is InChI=1S/C24H26N2O8/c1-15(27)25-20-21(26(30)31)19(14-33-24(29)18-11-7-4-8-12-18)22(34-16(2)28)23(20)32-13-17-9-5-3-6-10-17/h3-12,19-23H,13-14H2,1-2H3,(H,25,27)/t19-,20+,21-,22-,23-/m1/s1. The second-order valence-electron chi connectivity index (χ2n) is 7.97. The first-order chi connectivity index (χ1) is 16.3. The molecule has 180 valence electrons. The summed E-state index contributed by atoms with van der Waals surface area (Å²) in [7, 11) is 0. The fourth-order valence-corrected chi connectivity index (χ4v) is 4.13. The van der Waals surface area contributed by atoms with Crippen molar-refractivity contribution in [1.82, 2.24) is 5.32 Å². The Morgan fingerprint density at radius 1 is 0.971 bits per heavy atom. The molecule has 2 aromatic rings. The van der Waals surface area contributed by atoms with Crippen LogP contribution < -0.4 is 5.32 Å². The highest BCUT2D eigenvalue weighted by Crippen LogP contribution is 2.35. The number of hydrogen-bond donors (Lipinski definition) is 1. The molecule has 10 nitrogen and oxygen atoms in total. The summed E-state index contributed by atoms with van der Waals surface area (Å²) in [5, 5.41) is 14.7. The number of benzene rings is 2. The van der Waals surface area contributed by atoms with Crippen LogP contribution in [-0.2, 0) is 30.4 Å². The normalized spacial score (nSPS) is 23.6. The molecule has 1 amide bonds. The van der Waals surface area contributed by atoms with E-state index in [0.717, 1.165) is 5.56 Å². The lowest BCUT2D eigenvalue weighted by Gasteiger charge is -2.25. The summed E-state index contributed by atoms with van der Waals surface area (Å²) in [6, 6.07) is 14.7. The Labute approximate surface area is 196 Å². The number of nitrogens with zero attached hydrogens (tertiary/aromatic N) is 1. The SMILES string of the molecule is CC(=O)N[C@@H]1[C@@H](OCc2ccccc2)[C@H](OC(C)=O)[C@H](COC(=O)c2ccccc2)[C@H]1[N+](=O)[O-]. The van der Waals surface area contributed by atoms with Crippen molar-refractivity contribution in [2.24, 2.45) is 5.92 Å². The molecule has 0 aliphatic heterocycles. The Hall–Kier alpha value is -3.79. The number of carbonyl (C=O) groups excluding carboxylic acids is 3. The molecule has 0 unspecified atom stereocenters. The van der Waals surface area contributed by atoms with E-state index in [1.807, 2.05) is 30.3 Å². The fraction of sp³-hybridized carbons (Fsp3) is 0.375. The van der Waals surface area contributed by atoms with E-state index in [4.69, 9.17) is 14.2 Å². The van der Waals surface area contributed by atoms with Crippen LogP contribution in [0.5, 0.6) is 0 Å². The van der Waals surface area contributed by atoms with Gasteiger partial charge in [-0.1, -0.05) is 48.5 Å². The molecule has 34 heavy (non-hydrogen) atoms. The number of hydrogen-bond acceptors (Lipinski definition) is 8. The molecule has 3 rings (SSSR count). The van der Waals surface area contributed by atoms with Crippen molar-refractivity contribution in [3.8, 4) is 0 Å². The van der Waals surface area contributed by atoms with Crippen LogP contribution in [0.4, 0.5) is 0 Å². The summed E-state index contributed by atoms with van der Waals surface area (Å²) in [5.74, 6) is -2.91. The maximum absolute atomic E-state index is 12.5. The second-order valence-corrected chi connectivity index (χ2v) is 7.97. The molecule has 0 bridgehead atoms. The van der Waals surface area contributed by atoms with Gasteiger partial charge in [0.1, 0.15) is 30.8 Å². The van der Waals surface area contributed by atoms with Crippen LogP contribution in [0, 0.1) is 16.0 Å². The second kappa shape index (κ2) is 11.4. The molecule has 10 heteroatoms. The van der Waals surface area contributed by atoms with E-state index in [1.165, 1.54) is 13.8 Å². The number of amides is 1. The Bertz CT molecular complexity index is 1010. The van der Waals surface area contributed by atoms with Crippen molar-refractivity contribution in [3.05, 3.63) is 81.9 Å². The molecule has 0 saturated heterocycles. The molecule has 1 aliphatic carbocycles. The lowest BCUT2D eigenvalue weighted by molar-refractivity contribution is -0.533. The maximum atomic E-state index is 12.5. The van der Waals surface area contributed by atoms with Crippen LogP contribution in [0.15, 0.2) is 60.7 Å². The Kier molecular flexibility index (Phi) is 8.31. The van der Waals surface area contributed by atoms with Crippen molar-refractivity contribution in [3.63, 3.8) is 0 Å². The van der Waals surface area contributed by atoms with Crippen molar-refractivity contribution in [2.45, 2.75) is 44.7 Å². The van der Waals surface area contributed by atoms with Crippen LogP contribution in [0.1, 0.15) is 29.8 Å². The summed E-state index contributed by atoms with van der Waals surface area (Å²) < 4.78 is 16.8. The molecule has 1 fully saturated rings. The minimum absolute atomic E-state index is 0.0698. The smallest absolute Gasteiger partial charge is 0.338 e. The van der Waals surface area contributed by atoms with E-state index < -0.39 is 59.6 Å². The highest BCUT2D eigenvalue weighted by molar-refractivity contribution is 5.89. The predicted octanol–water partition coefficient (Wildman–Crippen LogP) is 2.14. The monoisotopic (exact) mass is 470 g/mol. The minimum atomic E-state index is -1.42. The molecule has 5 atom stereocenters. The Morgan fingerprint density at radius 2 is 1.59 bits per heavy atom. The van der Waals surface area contributed by atoms with Gasteiger partial charge in [0, 0.05) is 18.8 Å². The van der Waals surface area contributed by atoms with Gasteiger partial charge in [0.15, 0.2) is 0 Å². The molecular formula is C24H26N2O8. The predicted molar refractivity (Wildman–Crippen MR) is 119 cm³/mol. The third kappa shape index (κ3) is 6.16. The van der Waals surface area contributed by atoms with Gasteiger partial charge in [-0.15, -0.1) is 0 Å². The average molecular weight is 470 g/mol. The molecule has 0 radical (unpaired) electrons. The van der Waals surface area contributed by atoms with Crippen LogP contribution in [0.25, 0.3) is 0 Å².